The van der Waals surface area contributed by atoms with Crippen molar-refractivity contribution in [1.82, 2.24) is 15.3 Å². The topological polar surface area (TPSA) is 105 Å². The van der Waals surface area contributed by atoms with E-state index < -0.39 is 12.1 Å². The van der Waals surface area contributed by atoms with Gasteiger partial charge < -0.3 is 20.3 Å². The first-order valence-corrected chi connectivity index (χ1v) is 9.94. The van der Waals surface area contributed by atoms with Crippen molar-refractivity contribution >= 4 is 23.2 Å². The van der Waals surface area contributed by atoms with Crippen molar-refractivity contribution in [3.63, 3.8) is 0 Å². The van der Waals surface area contributed by atoms with Gasteiger partial charge in [0.05, 0.1) is 23.5 Å². The quantitative estimate of drug-likeness (QED) is 0.587. The smallest absolute Gasteiger partial charge is 0.247 e. The van der Waals surface area contributed by atoms with Gasteiger partial charge in [0.15, 0.2) is 0 Å². The number of aromatic amines is 1. The van der Waals surface area contributed by atoms with Gasteiger partial charge in [-0.05, 0) is 35.9 Å². The second-order valence-corrected chi connectivity index (χ2v) is 7.55. The first-order chi connectivity index (χ1) is 14.5. The van der Waals surface area contributed by atoms with E-state index >= 15 is 0 Å². The van der Waals surface area contributed by atoms with Gasteiger partial charge in [0.25, 0.3) is 0 Å². The molecule has 1 aliphatic heterocycles. The van der Waals surface area contributed by atoms with Gasteiger partial charge in [-0.25, -0.2) is 4.98 Å². The van der Waals surface area contributed by atoms with Crippen LogP contribution in [0.15, 0.2) is 54.7 Å². The van der Waals surface area contributed by atoms with Crippen molar-refractivity contribution in [3.05, 3.63) is 82.4 Å². The summed E-state index contributed by atoms with van der Waals surface area (Å²) in [5.74, 6) is 0.447. The van der Waals surface area contributed by atoms with Crippen molar-refractivity contribution in [2.75, 3.05) is 18.0 Å². The SMILES string of the molecule is N#Cc1ccc(Cc2ncc(C(O)C3NCCN(c4cccc(Cl)c4)C3=O)[nH]2)cc1. The van der Waals surface area contributed by atoms with Gasteiger partial charge in [0, 0.05) is 30.2 Å². The number of halogens is 1. The number of carbonyl (C=O) groups excluding carboxylic acids is 1. The summed E-state index contributed by atoms with van der Waals surface area (Å²) in [4.78, 5) is 22.1. The number of hydrogen-bond acceptors (Lipinski definition) is 5. The van der Waals surface area contributed by atoms with Crippen molar-refractivity contribution in [2.24, 2.45) is 0 Å². The summed E-state index contributed by atoms with van der Waals surface area (Å²) in [7, 11) is 0. The van der Waals surface area contributed by atoms with E-state index in [0.29, 0.717) is 47.3 Å². The van der Waals surface area contributed by atoms with Crippen molar-refractivity contribution in [1.29, 1.82) is 5.26 Å². The lowest BCUT2D eigenvalue weighted by Crippen LogP contribution is -2.57. The number of imidazole rings is 1. The molecular formula is C22H20ClN5O2. The first-order valence-electron chi connectivity index (χ1n) is 9.56. The molecule has 3 aromatic rings. The third kappa shape index (κ3) is 4.21. The van der Waals surface area contributed by atoms with E-state index in [4.69, 9.17) is 16.9 Å². The van der Waals surface area contributed by atoms with Crippen molar-refractivity contribution in [2.45, 2.75) is 18.6 Å². The summed E-state index contributed by atoms with van der Waals surface area (Å²) in [5, 5.41) is 23.4. The average molecular weight is 422 g/mol. The summed E-state index contributed by atoms with van der Waals surface area (Å²) in [6.45, 7) is 1.04. The maximum Gasteiger partial charge on any atom is 0.247 e. The molecule has 1 fully saturated rings. The zero-order chi connectivity index (χ0) is 21.1. The number of piperazine rings is 1. The number of benzene rings is 2. The highest BCUT2D eigenvalue weighted by Crippen LogP contribution is 2.25. The Hall–Kier alpha value is -3.18. The Balaban J connectivity index is 1.48. The number of amides is 1. The third-order valence-corrected chi connectivity index (χ3v) is 5.32. The largest absolute Gasteiger partial charge is 0.385 e. The summed E-state index contributed by atoms with van der Waals surface area (Å²) >= 11 is 6.06. The molecule has 1 amide bonds. The minimum atomic E-state index is -1.07. The van der Waals surface area contributed by atoms with Crippen molar-refractivity contribution < 1.29 is 9.90 Å². The van der Waals surface area contributed by atoms with Crippen LogP contribution in [0.4, 0.5) is 5.69 Å². The van der Waals surface area contributed by atoms with E-state index in [1.54, 1.807) is 41.4 Å². The van der Waals surface area contributed by atoms with Crippen LogP contribution in [0.25, 0.3) is 0 Å². The van der Waals surface area contributed by atoms with E-state index in [2.05, 4.69) is 21.4 Å². The maximum absolute atomic E-state index is 13.0. The lowest BCUT2D eigenvalue weighted by Gasteiger charge is -2.35. The number of hydrogen-bond donors (Lipinski definition) is 3. The van der Waals surface area contributed by atoms with Gasteiger partial charge >= 0.3 is 0 Å². The number of aromatic nitrogens is 2. The molecule has 8 heteroatoms. The number of aliphatic hydroxyl groups excluding tert-OH is 1. The molecule has 1 aromatic heterocycles. The van der Waals surface area contributed by atoms with Crippen LogP contribution in [-0.2, 0) is 11.2 Å². The van der Waals surface area contributed by atoms with Crippen LogP contribution in [0.5, 0.6) is 0 Å². The molecule has 1 saturated heterocycles. The van der Waals surface area contributed by atoms with Gasteiger partial charge in [0.2, 0.25) is 5.91 Å². The molecule has 7 nitrogen and oxygen atoms in total. The zero-order valence-corrected chi connectivity index (χ0v) is 16.8. The van der Waals surface area contributed by atoms with Crippen LogP contribution in [0.3, 0.4) is 0 Å². The molecule has 0 saturated carbocycles. The Bertz CT molecular complexity index is 1090. The third-order valence-electron chi connectivity index (χ3n) is 5.09. The van der Waals surface area contributed by atoms with Crippen LogP contribution in [-0.4, -0.2) is 40.1 Å². The Labute approximate surface area is 178 Å². The monoisotopic (exact) mass is 421 g/mol. The predicted octanol–water partition coefficient (Wildman–Crippen LogP) is 2.56. The number of nitriles is 1. The molecule has 152 valence electrons. The summed E-state index contributed by atoms with van der Waals surface area (Å²) < 4.78 is 0. The molecule has 2 aromatic carbocycles. The number of carbonyl (C=O) groups is 1. The van der Waals surface area contributed by atoms with Crippen LogP contribution in [0.2, 0.25) is 5.02 Å². The van der Waals surface area contributed by atoms with E-state index in [1.807, 2.05) is 18.2 Å². The Morgan fingerprint density at radius 2 is 2.10 bits per heavy atom. The zero-order valence-electron chi connectivity index (χ0n) is 16.0. The summed E-state index contributed by atoms with van der Waals surface area (Å²) in [5.41, 5.74) is 2.76. The number of nitrogens with one attached hydrogen (secondary N) is 2. The minimum Gasteiger partial charge on any atom is -0.385 e. The van der Waals surface area contributed by atoms with E-state index in [1.165, 1.54) is 0 Å². The molecule has 1 aliphatic rings. The maximum atomic E-state index is 13.0. The Morgan fingerprint density at radius 3 is 2.83 bits per heavy atom. The molecule has 3 N–H and O–H groups in total. The molecule has 0 bridgehead atoms. The number of nitrogens with zero attached hydrogens (tertiary/aromatic N) is 3. The number of rotatable bonds is 5. The number of H-pyrrole nitrogens is 1. The second-order valence-electron chi connectivity index (χ2n) is 7.12. The summed E-state index contributed by atoms with van der Waals surface area (Å²) in [6.07, 6.45) is 1.01. The van der Waals surface area contributed by atoms with Crippen molar-refractivity contribution in [3.8, 4) is 6.07 Å². The second kappa shape index (κ2) is 8.67. The van der Waals surface area contributed by atoms with Crippen LogP contribution < -0.4 is 10.2 Å². The fourth-order valence-corrected chi connectivity index (χ4v) is 3.72. The van der Waals surface area contributed by atoms with Crippen LogP contribution in [0.1, 0.15) is 28.7 Å². The van der Waals surface area contributed by atoms with E-state index in [9.17, 15) is 9.90 Å². The molecule has 2 heterocycles. The molecule has 2 unspecified atom stereocenters. The van der Waals surface area contributed by atoms with E-state index in [0.717, 1.165) is 5.56 Å². The number of aliphatic hydroxyl groups is 1. The van der Waals surface area contributed by atoms with Gasteiger partial charge in [-0.2, -0.15) is 5.26 Å². The van der Waals surface area contributed by atoms with Crippen LogP contribution >= 0.6 is 11.6 Å². The first kappa shape index (κ1) is 20.1. The van der Waals surface area contributed by atoms with Gasteiger partial charge in [-0.15, -0.1) is 0 Å². The van der Waals surface area contributed by atoms with Gasteiger partial charge in [-0.3, -0.25) is 4.79 Å². The molecule has 2 atom stereocenters. The lowest BCUT2D eigenvalue weighted by molar-refractivity contribution is -0.124. The fraction of sp³-hybridized carbons (Fsp3) is 0.227. The highest BCUT2D eigenvalue weighted by atomic mass is 35.5. The molecular weight excluding hydrogens is 402 g/mol. The normalized spacial score (nSPS) is 17.6. The highest BCUT2D eigenvalue weighted by Gasteiger charge is 2.36. The highest BCUT2D eigenvalue weighted by molar-refractivity contribution is 6.30. The van der Waals surface area contributed by atoms with Crippen LogP contribution in [0, 0.1) is 11.3 Å². The number of anilines is 1. The fourth-order valence-electron chi connectivity index (χ4n) is 3.53. The minimum absolute atomic E-state index is 0.223. The standard InChI is InChI=1S/C22H20ClN5O2/c23-16-2-1-3-17(11-16)28-9-8-25-20(22(28)30)21(29)18-13-26-19(27-18)10-14-4-6-15(12-24)7-5-14/h1-7,11,13,20-21,25,29H,8-10H2,(H,26,27). The predicted molar refractivity (Wildman–Crippen MR) is 113 cm³/mol. The Morgan fingerprint density at radius 1 is 1.30 bits per heavy atom. The molecule has 4 rings (SSSR count). The van der Waals surface area contributed by atoms with Gasteiger partial charge in [0.1, 0.15) is 18.0 Å². The molecule has 0 radical (unpaired) electrons. The van der Waals surface area contributed by atoms with Gasteiger partial charge in [-0.1, -0.05) is 29.8 Å². The lowest BCUT2D eigenvalue weighted by atomic mass is 10.0. The summed E-state index contributed by atoms with van der Waals surface area (Å²) in [6, 6.07) is 15.6. The van der Waals surface area contributed by atoms with E-state index in [-0.39, 0.29) is 5.91 Å². The molecule has 30 heavy (non-hydrogen) atoms. The molecule has 0 aliphatic carbocycles. The molecule has 0 spiro atoms. The average Bonchev–Trinajstić information content (AvgIpc) is 3.22. The Kier molecular flexibility index (Phi) is 5.81.